The summed E-state index contributed by atoms with van der Waals surface area (Å²) in [7, 11) is 0. The number of carbonyl (C=O) groups excluding carboxylic acids is 1. The van der Waals surface area contributed by atoms with E-state index in [1.54, 1.807) is 18.3 Å². The van der Waals surface area contributed by atoms with E-state index in [0.29, 0.717) is 15.7 Å². The molecule has 0 radical (unpaired) electrons. The van der Waals surface area contributed by atoms with E-state index in [2.05, 4.69) is 15.3 Å². The quantitative estimate of drug-likeness (QED) is 0.506. The number of thiazole rings is 1. The highest BCUT2D eigenvalue weighted by molar-refractivity contribution is 7.11. The lowest BCUT2D eigenvalue weighted by atomic mass is 10.0. The van der Waals surface area contributed by atoms with E-state index < -0.39 is 0 Å². The Bertz CT molecular complexity index is 1120. The van der Waals surface area contributed by atoms with Gasteiger partial charge in [-0.25, -0.2) is 4.98 Å². The lowest BCUT2D eigenvalue weighted by Crippen LogP contribution is -2.11. The zero-order valence-corrected chi connectivity index (χ0v) is 15.4. The van der Waals surface area contributed by atoms with Gasteiger partial charge >= 0.3 is 0 Å². The van der Waals surface area contributed by atoms with Gasteiger partial charge in [0.05, 0.1) is 10.7 Å². The van der Waals surface area contributed by atoms with Crippen LogP contribution >= 0.6 is 22.9 Å². The van der Waals surface area contributed by atoms with E-state index >= 15 is 0 Å². The molecule has 0 bridgehead atoms. The number of carbonyl (C=O) groups is 1. The minimum absolute atomic E-state index is 0.234. The fourth-order valence-electron chi connectivity index (χ4n) is 2.76. The number of hydrogen-bond acceptors (Lipinski definition) is 4. The Morgan fingerprint density at radius 1 is 1.15 bits per heavy atom. The van der Waals surface area contributed by atoms with Crippen LogP contribution < -0.4 is 5.32 Å². The summed E-state index contributed by atoms with van der Waals surface area (Å²) in [6.07, 6.45) is 1.76. The van der Waals surface area contributed by atoms with Gasteiger partial charge in [-0.05, 0) is 36.6 Å². The van der Waals surface area contributed by atoms with Gasteiger partial charge in [-0.2, -0.15) is 0 Å². The van der Waals surface area contributed by atoms with Crippen molar-refractivity contribution in [2.24, 2.45) is 0 Å². The number of fused-ring (bicyclic) bond motifs is 1. The number of nitrogens with zero attached hydrogens (tertiary/aromatic N) is 2. The maximum atomic E-state index is 12.4. The fourth-order valence-corrected chi connectivity index (χ4v) is 3.66. The summed E-state index contributed by atoms with van der Waals surface area (Å²) in [5.74, 6) is -0.234. The molecule has 0 spiro atoms. The molecule has 128 valence electrons. The summed E-state index contributed by atoms with van der Waals surface area (Å²) in [4.78, 5) is 21.1. The molecule has 2 heterocycles. The molecule has 0 saturated heterocycles. The van der Waals surface area contributed by atoms with Crippen LogP contribution in [0, 0.1) is 6.92 Å². The van der Waals surface area contributed by atoms with Crippen molar-refractivity contribution in [2.75, 3.05) is 5.32 Å². The van der Waals surface area contributed by atoms with Crippen LogP contribution in [-0.2, 0) is 0 Å². The predicted molar refractivity (Wildman–Crippen MR) is 107 cm³/mol. The second-order valence-electron chi connectivity index (χ2n) is 5.82. The highest BCUT2D eigenvalue weighted by Crippen LogP contribution is 2.33. The smallest absolute Gasteiger partial charge is 0.284 e. The molecule has 4 rings (SSSR count). The molecule has 6 heteroatoms. The molecule has 26 heavy (non-hydrogen) atoms. The number of rotatable bonds is 3. The number of halogens is 1. The molecule has 1 N–H and O–H groups in total. The fraction of sp³-hybridized carbons (Fsp3) is 0.0500. The van der Waals surface area contributed by atoms with Gasteiger partial charge in [0.25, 0.3) is 5.91 Å². The standard InChI is InChI=1S/C20H14ClN3OS/c1-12-11-26-20(23-12)19(25)24-14-6-7-17(21)16(10-14)18-15-5-3-2-4-13(15)8-9-22-18/h2-11H,1H3,(H,24,25). The van der Waals surface area contributed by atoms with E-state index in [4.69, 9.17) is 11.6 Å². The van der Waals surface area contributed by atoms with E-state index in [9.17, 15) is 4.79 Å². The minimum atomic E-state index is -0.234. The van der Waals surface area contributed by atoms with Crippen molar-refractivity contribution < 1.29 is 4.79 Å². The summed E-state index contributed by atoms with van der Waals surface area (Å²) >= 11 is 7.75. The summed E-state index contributed by atoms with van der Waals surface area (Å²) < 4.78 is 0. The van der Waals surface area contributed by atoms with Crippen LogP contribution in [0.5, 0.6) is 0 Å². The molecule has 2 aromatic carbocycles. The molecular weight excluding hydrogens is 366 g/mol. The maximum absolute atomic E-state index is 12.4. The maximum Gasteiger partial charge on any atom is 0.284 e. The van der Waals surface area contributed by atoms with Crippen molar-refractivity contribution in [3.8, 4) is 11.3 Å². The predicted octanol–water partition coefficient (Wildman–Crippen LogP) is 5.57. The number of amides is 1. The number of nitrogens with one attached hydrogen (secondary N) is 1. The molecule has 0 aliphatic heterocycles. The van der Waals surface area contributed by atoms with Gasteiger partial charge in [0, 0.05) is 33.9 Å². The summed E-state index contributed by atoms with van der Waals surface area (Å²) in [6.45, 7) is 1.86. The Morgan fingerprint density at radius 2 is 2.00 bits per heavy atom. The third kappa shape index (κ3) is 3.19. The molecule has 0 unspecified atom stereocenters. The van der Waals surface area contributed by atoms with Crippen LogP contribution in [0.25, 0.3) is 22.0 Å². The molecule has 0 saturated carbocycles. The van der Waals surface area contributed by atoms with Crippen LogP contribution in [0.4, 0.5) is 5.69 Å². The Hall–Kier alpha value is -2.76. The van der Waals surface area contributed by atoms with Crippen LogP contribution in [0.15, 0.2) is 60.1 Å². The Labute approximate surface area is 159 Å². The zero-order valence-electron chi connectivity index (χ0n) is 13.9. The van der Waals surface area contributed by atoms with Gasteiger partial charge in [0.2, 0.25) is 0 Å². The molecule has 0 atom stereocenters. The topological polar surface area (TPSA) is 54.9 Å². The van der Waals surface area contributed by atoms with Gasteiger partial charge in [-0.15, -0.1) is 11.3 Å². The SMILES string of the molecule is Cc1csc(C(=O)Nc2ccc(Cl)c(-c3nccc4ccccc34)c2)n1. The Kier molecular flexibility index (Phi) is 4.41. The number of pyridine rings is 1. The van der Waals surface area contributed by atoms with Crippen molar-refractivity contribution in [1.82, 2.24) is 9.97 Å². The summed E-state index contributed by atoms with van der Waals surface area (Å²) in [5, 5.41) is 7.84. The largest absolute Gasteiger partial charge is 0.320 e. The number of aromatic nitrogens is 2. The molecule has 0 aliphatic carbocycles. The van der Waals surface area contributed by atoms with Crippen molar-refractivity contribution in [1.29, 1.82) is 0 Å². The van der Waals surface area contributed by atoms with Crippen molar-refractivity contribution in [3.63, 3.8) is 0 Å². The highest BCUT2D eigenvalue weighted by atomic mass is 35.5. The minimum Gasteiger partial charge on any atom is -0.320 e. The third-order valence-electron chi connectivity index (χ3n) is 3.97. The number of hydrogen-bond donors (Lipinski definition) is 1. The molecule has 2 aromatic heterocycles. The number of benzene rings is 2. The van der Waals surface area contributed by atoms with Crippen molar-refractivity contribution in [3.05, 3.63) is 75.8 Å². The first kappa shape index (κ1) is 16.7. The van der Waals surface area contributed by atoms with Crippen molar-refractivity contribution in [2.45, 2.75) is 6.92 Å². The second-order valence-corrected chi connectivity index (χ2v) is 7.09. The molecule has 4 aromatic rings. The Morgan fingerprint density at radius 3 is 2.81 bits per heavy atom. The first-order valence-corrected chi connectivity index (χ1v) is 9.25. The van der Waals surface area contributed by atoms with E-state index in [1.807, 2.05) is 48.7 Å². The van der Waals surface area contributed by atoms with Gasteiger partial charge in [0.1, 0.15) is 0 Å². The zero-order chi connectivity index (χ0) is 18.1. The Balaban J connectivity index is 1.73. The molecule has 0 fully saturated rings. The lowest BCUT2D eigenvalue weighted by Gasteiger charge is -2.10. The highest BCUT2D eigenvalue weighted by Gasteiger charge is 2.13. The first-order chi connectivity index (χ1) is 12.6. The normalized spacial score (nSPS) is 10.8. The van der Waals surface area contributed by atoms with E-state index in [-0.39, 0.29) is 5.91 Å². The third-order valence-corrected chi connectivity index (χ3v) is 5.25. The average Bonchev–Trinajstić information content (AvgIpc) is 3.09. The summed E-state index contributed by atoms with van der Waals surface area (Å²) in [5.41, 5.74) is 3.04. The van der Waals surface area contributed by atoms with Crippen LogP contribution in [-0.4, -0.2) is 15.9 Å². The lowest BCUT2D eigenvalue weighted by molar-refractivity contribution is 0.102. The molecule has 1 amide bonds. The number of aryl methyl sites for hydroxylation is 1. The van der Waals surface area contributed by atoms with Crippen LogP contribution in [0.3, 0.4) is 0 Å². The van der Waals surface area contributed by atoms with Crippen LogP contribution in [0.2, 0.25) is 5.02 Å². The van der Waals surface area contributed by atoms with Gasteiger partial charge in [0.15, 0.2) is 5.01 Å². The summed E-state index contributed by atoms with van der Waals surface area (Å²) in [6, 6.07) is 15.3. The molecule has 0 aliphatic rings. The van der Waals surface area contributed by atoms with E-state index in [0.717, 1.165) is 27.7 Å². The first-order valence-electron chi connectivity index (χ1n) is 7.99. The van der Waals surface area contributed by atoms with Crippen molar-refractivity contribution >= 4 is 45.3 Å². The van der Waals surface area contributed by atoms with Crippen LogP contribution in [0.1, 0.15) is 15.5 Å². The monoisotopic (exact) mass is 379 g/mol. The van der Waals surface area contributed by atoms with E-state index in [1.165, 1.54) is 11.3 Å². The number of anilines is 1. The van der Waals surface area contributed by atoms with Gasteiger partial charge < -0.3 is 5.32 Å². The second kappa shape index (κ2) is 6.86. The average molecular weight is 380 g/mol. The van der Waals surface area contributed by atoms with Gasteiger partial charge in [-0.3, -0.25) is 9.78 Å². The van der Waals surface area contributed by atoms with Gasteiger partial charge in [-0.1, -0.05) is 35.9 Å². The molecule has 4 nitrogen and oxygen atoms in total. The molecular formula is C20H14ClN3OS.